The van der Waals surface area contributed by atoms with Crippen molar-refractivity contribution in [3.63, 3.8) is 0 Å². The van der Waals surface area contributed by atoms with Crippen LogP contribution in [0.4, 0.5) is 34.1 Å². The highest BCUT2D eigenvalue weighted by Gasteiger charge is 2.45. The van der Waals surface area contributed by atoms with E-state index in [4.69, 9.17) is 15.0 Å². The second kappa shape index (κ2) is 21.4. The van der Waals surface area contributed by atoms with E-state index >= 15 is 0 Å². The minimum Gasteiger partial charge on any atom is -0.311 e. The maximum atomic E-state index is 5.55. The Balaban J connectivity index is 1.02. The highest BCUT2D eigenvalue weighted by Crippen LogP contribution is 2.50. The number of anilines is 6. The third kappa shape index (κ3) is 8.98. The minimum atomic E-state index is -0.238. The van der Waals surface area contributed by atoms with Gasteiger partial charge in [0.15, 0.2) is 17.5 Å². The van der Waals surface area contributed by atoms with E-state index in [-0.39, 0.29) is 6.71 Å². The number of hydrogen-bond acceptors (Lipinski definition) is 5. The zero-order chi connectivity index (χ0) is 59.9. The van der Waals surface area contributed by atoms with Crippen LogP contribution in [-0.4, -0.2) is 21.7 Å². The van der Waals surface area contributed by atoms with E-state index in [0.717, 1.165) is 95.3 Å². The third-order valence-electron chi connectivity index (χ3n) is 18.5. The molecule has 0 aliphatic carbocycles. The Morgan fingerprint density at radius 2 is 0.516 bits per heavy atom. The van der Waals surface area contributed by atoms with Crippen LogP contribution < -0.4 is 26.2 Å². The summed E-state index contributed by atoms with van der Waals surface area (Å²) in [6.45, 7) is -0.238. The molecule has 15 aromatic carbocycles. The van der Waals surface area contributed by atoms with Crippen LogP contribution in [0.3, 0.4) is 0 Å². The van der Waals surface area contributed by atoms with Gasteiger partial charge in [-0.2, -0.15) is 0 Å². The summed E-state index contributed by atoms with van der Waals surface area (Å²) < 4.78 is 0. The summed E-state index contributed by atoms with van der Waals surface area (Å²) in [5.41, 5.74) is 21.6. The van der Waals surface area contributed by atoms with Crippen LogP contribution in [0.5, 0.6) is 0 Å². The summed E-state index contributed by atoms with van der Waals surface area (Å²) in [5, 5.41) is 9.56. The van der Waals surface area contributed by atoms with Crippen LogP contribution in [0.25, 0.3) is 122 Å². The van der Waals surface area contributed by atoms with Crippen LogP contribution in [0.2, 0.25) is 0 Å². The zero-order valence-corrected chi connectivity index (χ0v) is 49.5. The summed E-state index contributed by atoms with van der Waals surface area (Å²) in [4.78, 5) is 21.5. The van der Waals surface area contributed by atoms with E-state index in [1.807, 2.05) is 12.1 Å². The monoisotopic (exact) mass is 1160 g/mol. The second-order valence-corrected chi connectivity index (χ2v) is 23.9. The van der Waals surface area contributed by atoms with E-state index < -0.39 is 0 Å². The predicted octanol–water partition coefficient (Wildman–Crippen LogP) is 20.2. The largest absolute Gasteiger partial charge is 0.311 e. The number of aromatic nitrogens is 3. The number of nitrogens with zero attached hydrogens (tertiary/aromatic N) is 5. The number of hydrogen-bond donors (Lipinski definition) is 0. The average molecular weight is 1160 g/mol. The fourth-order valence-electron chi connectivity index (χ4n) is 14.3. The fraction of sp³-hybridized carbons (Fsp3) is 0. The van der Waals surface area contributed by atoms with Gasteiger partial charge in [-0.1, -0.05) is 267 Å². The molecule has 0 saturated heterocycles. The van der Waals surface area contributed by atoms with Crippen LogP contribution in [0.1, 0.15) is 0 Å². The van der Waals surface area contributed by atoms with Gasteiger partial charge in [-0.3, -0.25) is 0 Å². The van der Waals surface area contributed by atoms with E-state index in [9.17, 15) is 0 Å². The molecule has 16 aromatic rings. The van der Waals surface area contributed by atoms with Crippen molar-refractivity contribution in [2.75, 3.05) is 9.80 Å². The van der Waals surface area contributed by atoms with Crippen molar-refractivity contribution in [3.8, 4) is 78.7 Å². The first-order valence-electron chi connectivity index (χ1n) is 31.2. The lowest BCUT2D eigenvalue weighted by molar-refractivity contribution is 1.07. The lowest BCUT2D eigenvalue weighted by Gasteiger charge is -2.45. The molecule has 0 N–H and O–H groups in total. The molecule has 0 fully saturated rings. The van der Waals surface area contributed by atoms with Gasteiger partial charge in [0.25, 0.3) is 6.71 Å². The van der Waals surface area contributed by atoms with Gasteiger partial charge in [0, 0.05) is 50.8 Å². The standard InChI is InChI=1S/C85H54BN5/c1-7-23-55(24-8-1)65-43-66(56-25-9-2-10-26-56)46-70(45-65)90-78-53-74-63(41-39-59-31-19-21-37-72(59)74)49-76(78)86-77-50-64-42-40-60-32-20-22-38-73(60)75(64)54-79(77)91(71-47-67(57-27-11-3-12-28-57)44-68(48-71)58-29-13-4-14-30-58)81-52-69(51-80(90)82(81)86)85-88-83(61-33-15-5-16-34-61)87-84(89-85)62-35-17-6-18-36-62/h1-54H. The van der Waals surface area contributed by atoms with Gasteiger partial charge in [-0.25, -0.2) is 15.0 Å². The molecule has 0 amide bonds. The number of rotatable bonds is 9. The van der Waals surface area contributed by atoms with E-state index in [2.05, 4.69) is 325 Å². The van der Waals surface area contributed by atoms with E-state index in [0.29, 0.717) is 17.5 Å². The molecule has 18 rings (SSSR count). The summed E-state index contributed by atoms with van der Waals surface area (Å²) in [6.07, 6.45) is 0. The van der Waals surface area contributed by atoms with Crippen molar-refractivity contribution in [3.05, 3.63) is 328 Å². The first kappa shape index (κ1) is 52.2. The molecular weight excluding hydrogens is 1100 g/mol. The van der Waals surface area contributed by atoms with Crippen molar-refractivity contribution in [1.82, 2.24) is 15.0 Å². The average Bonchev–Trinajstić information content (AvgIpc) is 0.736. The molecule has 0 unspecified atom stereocenters. The Morgan fingerprint density at radius 3 is 0.879 bits per heavy atom. The molecule has 1 aromatic heterocycles. The molecule has 0 atom stereocenters. The highest BCUT2D eigenvalue weighted by molar-refractivity contribution is 7.00. The van der Waals surface area contributed by atoms with Crippen molar-refractivity contribution in [2.24, 2.45) is 0 Å². The van der Waals surface area contributed by atoms with Crippen LogP contribution in [0.15, 0.2) is 328 Å². The molecule has 6 heteroatoms. The summed E-state index contributed by atoms with van der Waals surface area (Å²) in [6, 6.07) is 120. The maximum absolute atomic E-state index is 5.55. The highest BCUT2D eigenvalue weighted by atomic mass is 15.2. The molecule has 0 spiro atoms. The summed E-state index contributed by atoms with van der Waals surface area (Å²) in [7, 11) is 0. The van der Waals surface area contributed by atoms with E-state index in [1.54, 1.807) is 0 Å². The normalized spacial score (nSPS) is 12.3. The van der Waals surface area contributed by atoms with Gasteiger partial charge in [0.05, 0.1) is 0 Å². The topological polar surface area (TPSA) is 45.2 Å². The third-order valence-corrected chi connectivity index (χ3v) is 18.5. The van der Waals surface area contributed by atoms with Gasteiger partial charge in [0.2, 0.25) is 0 Å². The van der Waals surface area contributed by atoms with Gasteiger partial charge in [-0.15, -0.1) is 0 Å². The molecule has 422 valence electrons. The Morgan fingerprint density at radius 1 is 0.209 bits per heavy atom. The Hall–Kier alpha value is -12.0. The summed E-state index contributed by atoms with van der Waals surface area (Å²) in [5.74, 6) is 1.77. The molecule has 0 radical (unpaired) electrons. The molecule has 2 aliphatic heterocycles. The van der Waals surface area contributed by atoms with Crippen molar-refractivity contribution in [1.29, 1.82) is 0 Å². The lowest BCUT2D eigenvalue weighted by atomic mass is 9.33. The zero-order valence-electron chi connectivity index (χ0n) is 49.5. The SMILES string of the molecule is c1ccc(-c2cc(-c3ccccc3)cc(N3c4cc5c(ccc6ccccc65)cc4B4c5cc6ccc7ccccc7c6cc5N(c5cc(-c6ccccc6)cc(-c6ccccc6)c5)c5cc(-c6nc(-c7ccccc7)nc(-c7ccccc7)n6)cc3c54)c2)cc1. The smallest absolute Gasteiger partial charge is 0.252 e. The molecule has 3 heterocycles. The number of benzene rings is 15. The lowest BCUT2D eigenvalue weighted by Crippen LogP contribution is -2.61. The second-order valence-electron chi connectivity index (χ2n) is 23.9. The van der Waals surface area contributed by atoms with Crippen molar-refractivity contribution in [2.45, 2.75) is 0 Å². The van der Waals surface area contributed by atoms with Gasteiger partial charge < -0.3 is 9.80 Å². The molecule has 5 nitrogen and oxygen atoms in total. The van der Waals surface area contributed by atoms with Gasteiger partial charge in [0.1, 0.15) is 0 Å². The van der Waals surface area contributed by atoms with Crippen LogP contribution in [-0.2, 0) is 0 Å². The van der Waals surface area contributed by atoms with Gasteiger partial charge >= 0.3 is 0 Å². The quantitative estimate of drug-likeness (QED) is 0.106. The first-order chi connectivity index (χ1) is 45.1. The first-order valence-corrected chi connectivity index (χ1v) is 31.2. The fourth-order valence-corrected chi connectivity index (χ4v) is 14.3. The summed E-state index contributed by atoms with van der Waals surface area (Å²) >= 11 is 0. The predicted molar refractivity (Wildman–Crippen MR) is 382 cm³/mol. The molecule has 91 heavy (non-hydrogen) atoms. The Kier molecular flexibility index (Phi) is 12.3. The van der Waals surface area contributed by atoms with Crippen molar-refractivity contribution < 1.29 is 0 Å². The Bertz CT molecular complexity index is 5080. The maximum Gasteiger partial charge on any atom is 0.252 e. The molecular formula is C85H54BN5. The number of fused-ring (bicyclic) bond motifs is 10. The molecule has 0 saturated carbocycles. The molecule has 2 aliphatic rings. The van der Waals surface area contributed by atoms with Crippen molar-refractivity contribution >= 4 is 100 Å². The van der Waals surface area contributed by atoms with E-state index in [1.165, 1.54) is 59.5 Å². The molecule has 0 bridgehead atoms. The van der Waals surface area contributed by atoms with Gasteiger partial charge in [-0.05, 0) is 165 Å². The van der Waals surface area contributed by atoms with Crippen LogP contribution in [0, 0.1) is 0 Å². The Labute approximate surface area is 528 Å². The van der Waals surface area contributed by atoms with Crippen LogP contribution >= 0.6 is 0 Å². The minimum absolute atomic E-state index is 0.238.